The number of nitrogens with zero attached hydrogens (tertiary/aromatic N) is 1. The molecule has 5 heteroatoms. The molecule has 0 saturated heterocycles. The van der Waals surface area contributed by atoms with Crippen LogP contribution in [-0.4, -0.2) is 28.6 Å². The summed E-state index contributed by atoms with van der Waals surface area (Å²) >= 11 is 0. The number of rotatable bonds is 3. The normalized spacial score (nSPS) is 16.7. The van der Waals surface area contributed by atoms with Crippen molar-refractivity contribution in [2.45, 2.75) is 46.2 Å². The average Bonchev–Trinajstić information content (AvgIpc) is 2.56. The molecule has 19 heavy (non-hydrogen) atoms. The molecule has 0 fully saturated rings. The van der Waals surface area contributed by atoms with E-state index in [9.17, 15) is 9.59 Å². The Morgan fingerprint density at radius 1 is 1.53 bits per heavy atom. The van der Waals surface area contributed by atoms with E-state index >= 15 is 0 Å². The summed E-state index contributed by atoms with van der Waals surface area (Å²) in [5, 5.41) is 2.96. The highest BCUT2D eigenvalue weighted by atomic mass is 16.5. The molecule has 1 aromatic rings. The number of aromatic nitrogens is 1. The van der Waals surface area contributed by atoms with Crippen LogP contribution in [0.2, 0.25) is 0 Å². The predicted octanol–water partition coefficient (Wildman–Crippen LogP) is 1.42. The van der Waals surface area contributed by atoms with Gasteiger partial charge in [0.05, 0.1) is 12.2 Å². The van der Waals surface area contributed by atoms with Crippen molar-refractivity contribution >= 4 is 11.9 Å². The molecule has 0 atom stereocenters. The van der Waals surface area contributed by atoms with Crippen molar-refractivity contribution in [3.8, 4) is 0 Å². The quantitative estimate of drug-likeness (QED) is 0.840. The van der Waals surface area contributed by atoms with Crippen LogP contribution in [0, 0.1) is 6.92 Å². The lowest BCUT2D eigenvalue weighted by Crippen LogP contribution is -2.49. The van der Waals surface area contributed by atoms with E-state index in [1.807, 2.05) is 31.4 Å². The van der Waals surface area contributed by atoms with Gasteiger partial charge in [0, 0.05) is 23.3 Å². The summed E-state index contributed by atoms with van der Waals surface area (Å²) in [4.78, 5) is 23.7. The van der Waals surface area contributed by atoms with Gasteiger partial charge in [-0.15, -0.1) is 0 Å². The van der Waals surface area contributed by atoms with Crippen LogP contribution in [0.15, 0.2) is 6.07 Å². The monoisotopic (exact) mass is 264 g/mol. The Kier molecular flexibility index (Phi) is 3.39. The van der Waals surface area contributed by atoms with Gasteiger partial charge in [-0.3, -0.25) is 9.59 Å². The third-order valence-corrected chi connectivity index (χ3v) is 3.31. The van der Waals surface area contributed by atoms with E-state index < -0.39 is 0 Å². The summed E-state index contributed by atoms with van der Waals surface area (Å²) in [6, 6.07) is 1.83. The first kappa shape index (κ1) is 13.6. The van der Waals surface area contributed by atoms with E-state index in [-0.39, 0.29) is 24.0 Å². The molecule has 0 saturated carbocycles. The molecular weight excluding hydrogens is 244 g/mol. The fourth-order valence-electron chi connectivity index (χ4n) is 2.51. The summed E-state index contributed by atoms with van der Waals surface area (Å²) in [6.45, 7) is 8.17. The van der Waals surface area contributed by atoms with Crippen LogP contribution >= 0.6 is 0 Å². The SMILES string of the molecule is CCOC(=O)Cn1c(C)cc2c1CC(C)(C)NC2=O. The lowest BCUT2D eigenvalue weighted by Gasteiger charge is -2.31. The summed E-state index contributed by atoms with van der Waals surface area (Å²) in [7, 11) is 0. The van der Waals surface area contributed by atoms with Crippen LogP contribution in [0.3, 0.4) is 0 Å². The highest BCUT2D eigenvalue weighted by Crippen LogP contribution is 2.26. The van der Waals surface area contributed by atoms with Gasteiger partial charge >= 0.3 is 5.97 Å². The van der Waals surface area contributed by atoms with Crippen molar-refractivity contribution in [2.24, 2.45) is 0 Å². The van der Waals surface area contributed by atoms with Crippen molar-refractivity contribution in [3.63, 3.8) is 0 Å². The highest BCUT2D eigenvalue weighted by Gasteiger charge is 2.33. The smallest absolute Gasteiger partial charge is 0.325 e. The Labute approximate surface area is 112 Å². The maximum atomic E-state index is 12.0. The number of hydrogen-bond acceptors (Lipinski definition) is 3. The number of fused-ring (bicyclic) bond motifs is 1. The zero-order valence-electron chi connectivity index (χ0n) is 11.9. The number of carbonyl (C=O) groups is 2. The van der Waals surface area contributed by atoms with E-state index in [2.05, 4.69) is 5.32 Å². The second-order valence-corrected chi connectivity index (χ2v) is 5.55. The van der Waals surface area contributed by atoms with Crippen molar-refractivity contribution in [2.75, 3.05) is 6.61 Å². The molecule has 0 aromatic carbocycles. The van der Waals surface area contributed by atoms with Crippen molar-refractivity contribution < 1.29 is 14.3 Å². The molecule has 0 unspecified atom stereocenters. The first-order chi connectivity index (χ1) is 8.84. The highest BCUT2D eigenvalue weighted by molar-refractivity contribution is 5.97. The number of aryl methyl sites for hydroxylation is 1. The number of esters is 1. The molecule has 1 aliphatic heterocycles. The Bertz CT molecular complexity index is 529. The Morgan fingerprint density at radius 2 is 2.21 bits per heavy atom. The van der Waals surface area contributed by atoms with Gasteiger partial charge < -0.3 is 14.6 Å². The van der Waals surface area contributed by atoms with Gasteiger partial charge in [-0.2, -0.15) is 0 Å². The van der Waals surface area contributed by atoms with Gasteiger partial charge in [-0.05, 0) is 33.8 Å². The fraction of sp³-hybridized carbons (Fsp3) is 0.571. The van der Waals surface area contributed by atoms with Gasteiger partial charge in [0.25, 0.3) is 5.91 Å². The van der Waals surface area contributed by atoms with Gasteiger partial charge in [-0.1, -0.05) is 0 Å². The third kappa shape index (κ3) is 2.64. The van der Waals surface area contributed by atoms with Crippen molar-refractivity contribution in [1.82, 2.24) is 9.88 Å². The van der Waals surface area contributed by atoms with Crippen LogP contribution in [0.4, 0.5) is 0 Å². The van der Waals surface area contributed by atoms with Gasteiger partial charge in [-0.25, -0.2) is 0 Å². The van der Waals surface area contributed by atoms with E-state index in [0.29, 0.717) is 18.6 Å². The lowest BCUT2D eigenvalue weighted by molar-refractivity contribution is -0.143. The molecule has 1 aliphatic rings. The molecule has 0 aliphatic carbocycles. The van der Waals surface area contributed by atoms with Gasteiger partial charge in [0.1, 0.15) is 6.54 Å². The molecule has 1 aromatic heterocycles. The maximum Gasteiger partial charge on any atom is 0.325 e. The minimum atomic E-state index is -0.290. The minimum Gasteiger partial charge on any atom is -0.465 e. The number of carbonyl (C=O) groups excluding carboxylic acids is 2. The van der Waals surface area contributed by atoms with Crippen LogP contribution < -0.4 is 5.32 Å². The van der Waals surface area contributed by atoms with Crippen LogP contribution in [0.5, 0.6) is 0 Å². The second kappa shape index (κ2) is 4.72. The number of nitrogens with one attached hydrogen (secondary N) is 1. The molecule has 1 N–H and O–H groups in total. The van der Waals surface area contributed by atoms with Crippen molar-refractivity contribution in [3.05, 3.63) is 23.0 Å². The summed E-state index contributed by atoms with van der Waals surface area (Å²) < 4.78 is 6.86. The Morgan fingerprint density at radius 3 is 2.84 bits per heavy atom. The van der Waals surface area contributed by atoms with E-state index in [1.165, 1.54) is 0 Å². The summed E-state index contributed by atoms with van der Waals surface area (Å²) in [5.74, 6) is -0.343. The zero-order valence-corrected chi connectivity index (χ0v) is 11.9. The number of hydrogen-bond donors (Lipinski definition) is 1. The van der Waals surface area contributed by atoms with Crippen LogP contribution in [0.25, 0.3) is 0 Å². The Hall–Kier alpha value is -1.78. The summed E-state index contributed by atoms with van der Waals surface area (Å²) in [5.41, 5.74) is 2.20. The molecule has 104 valence electrons. The van der Waals surface area contributed by atoms with E-state index in [4.69, 9.17) is 4.74 Å². The minimum absolute atomic E-state index is 0.0723. The fourth-order valence-corrected chi connectivity index (χ4v) is 2.51. The number of amides is 1. The molecule has 0 spiro atoms. The first-order valence-electron chi connectivity index (χ1n) is 6.51. The third-order valence-electron chi connectivity index (χ3n) is 3.31. The van der Waals surface area contributed by atoms with Crippen molar-refractivity contribution in [1.29, 1.82) is 0 Å². The predicted molar refractivity (Wildman–Crippen MR) is 71.1 cm³/mol. The van der Waals surface area contributed by atoms with Gasteiger partial charge in [0.15, 0.2) is 0 Å². The first-order valence-corrected chi connectivity index (χ1v) is 6.51. The molecule has 2 rings (SSSR count). The van der Waals surface area contributed by atoms with E-state index in [0.717, 1.165) is 11.4 Å². The maximum absolute atomic E-state index is 12.0. The molecule has 0 bridgehead atoms. The van der Waals surface area contributed by atoms with Crippen LogP contribution in [-0.2, 0) is 22.5 Å². The number of ether oxygens (including phenoxy) is 1. The van der Waals surface area contributed by atoms with E-state index in [1.54, 1.807) is 6.92 Å². The molecule has 5 nitrogen and oxygen atoms in total. The van der Waals surface area contributed by atoms with Gasteiger partial charge in [0.2, 0.25) is 0 Å². The largest absolute Gasteiger partial charge is 0.465 e. The van der Waals surface area contributed by atoms with Crippen LogP contribution in [0.1, 0.15) is 42.5 Å². The standard InChI is InChI=1S/C14H20N2O3/c1-5-19-12(17)8-16-9(2)6-10-11(16)7-14(3,4)15-13(10)18/h6H,5,7-8H2,1-4H3,(H,15,18). The average molecular weight is 264 g/mol. The zero-order chi connectivity index (χ0) is 14.2. The molecular formula is C14H20N2O3. The molecule has 1 amide bonds. The second-order valence-electron chi connectivity index (χ2n) is 5.55. The summed E-state index contributed by atoms with van der Waals surface area (Å²) in [6.07, 6.45) is 0.710. The molecule has 0 radical (unpaired) electrons. The topological polar surface area (TPSA) is 60.3 Å². The molecule has 2 heterocycles. The lowest BCUT2D eigenvalue weighted by atomic mass is 9.92. The Balaban J connectivity index is 2.36.